The number of alkyl halides is 3. The maximum absolute atomic E-state index is 13.2. The van der Waals surface area contributed by atoms with Crippen LogP contribution in [0.3, 0.4) is 0 Å². The topological polar surface area (TPSA) is 82.5 Å². The Kier molecular flexibility index (Phi) is 5.53. The van der Waals surface area contributed by atoms with Crippen molar-refractivity contribution in [3.8, 4) is 17.2 Å². The molecule has 0 aromatic heterocycles. The molecule has 2 bridgehead atoms. The van der Waals surface area contributed by atoms with Gasteiger partial charge >= 0.3 is 6.36 Å². The van der Waals surface area contributed by atoms with Crippen molar-refractivity contribution in [2.45, 2.75) is 61.2 Å². The van der Waals surface area contributed by atoms with Crippen molar-refractivity contribution in [1.82, 2.24) is 9.80 Å². The number of hydrogen-bond donors (Lipinski definition) is 2. The molecule has 2 aromatic carbocycles. The summed E-state index contributed by atoms with van der Waals surface area (Å²) in [6.45, 7) is 0.792. The molecule has 2 aliphatic heterocycles. The summed E-state index contributed by atoms with van der Waals surface area (Å²) in [7, 11) is 3.67. The summed E-state index contributed by atoms with van der Waals surface area (Å²) < 4.78 is 48.0. The van der Waals surface area contributed by atoms with Crippen molar-refractivity contribution in [1.29, 1.82) is 0 Å². The lowest BCUT2D eigenvalue weighted by atomic mass is 9.48. The number of benzene rings is 2. The average molecular weight is 531 g/mol. The minimum Gasteiger partial charge on any atom is -0.504 e. The Morgan fingerprint density at radius 1 is 1.29 bits per heavy atom. The molecule has 0 radical (unpaired) electrons. The first kappa shape index (κ1) is 25.1. The lowest BCUT2D eigenvalue weighted by molar-refractivity contribution is -0.274. The number of nitrogens with zero attached hydrogens (tertiary/aromatic N) is 2. The molecule has 7 nitrogen and oxygen atoms in total. The van der Waals surface area contributed by atoms with Crippen molar-refractivity contribution < 1.29 is 37.7 Å². The Morgan fingerprint density at radius 3 is 2.84 bits per heavy atom. The molecule has 2 fully saturated rings. The highest BCUT2D eigenvalue weighted by Gasteiger charge is 2.72. The zero-order valence-corrected chi connectivity index (χ0v) is 21.0. The van der Waals surface area contributed by atoms with E-state index in [0.717, 1.165) is 17.7 Å². The van der Waals surface area contributed by atoms with Gasteiger partial charge in [0, 0.05) is 37.2 Å². The Bertz CT molecular complexity index is 1330. The highest BCUT2D eigenvalue weighted by atomic mass is 19.4. The van der Waals surface area contributed by atoms with Crippen LogP contribution in [0.1, 0.15) is 36.0 Å². The minimum atomic E-state index is -4.80. The minimum absolute atomic E-state index is 0.0629. The maximum Gasteiger partial charge on any atom is 0.573 e. The van der Waals surface area contributed by atoms with E-state index < -0.39 is 23.5 Å². The molecule has 0 unspecified atom stereocenters. The second kappa shape index (κ2) is 8.38. The predicted molar refractivity (Wildman–Crippen MR) is 132 cm³/mol. The quantitative estimate of drug-likeness (QED) is 0.588. The number of halogens is 3. The molecule has 38 heavy (non-hydrogen) atoms. The van der Waals surface area contributed by atoms with Gasteiger partial charge in [-0.15, -0.1) is 13.2 Å². The van der Waals surface area contributed by atoms with Crippen molar-refractivity contribution in [3.63, 3.8) is 0 Å². The number of aromatic hydroxyl groups is 1. The molecule has 1 saturated carbocycles. The van der Waals surface area contributed by atoms with Gasteiger partial charge in [0.15, 0.2) is 11.5 Å². The molecule has 6 rings (SSSR count). The van der Waals surface area contributed by atoms with Crippen LogP contribution in [0.4, 0.5) is 13.2 Å². The van der Waals surface area contributed by atoms with Gasteiger partial charge in [0.2, 0.25) is 5.91 Å². The van der Waals surface area contributed by atoms with Crippen molar-refractivity contribution in [3.05, 3.63) is 59.2 Å². The first-order valence-electron chi connectivity index (χ1n) is 12.7. The van der Waals surface area contributed by atoms with E-state index in [0.29, 0.717) is 37.0 Å². The van der Waals surface area contributed by atoms with Crippen LogP contribution in [0, 0.1) is 0 Å². The number of hydrogen-bond acceptors (Lipinski definition) is 6. The second-order valence-electron chi connectivity index (χ2n) is 10.9. The van der Waals surface area contributed by atoms with Crippen LogP contribution >= 0.6 is 0 Å². The predicted octanol–water partition coefficient (Wildman–Crippen LogP) is 3.62. The Labute approximate surface area is 218 Å². The van der Waals surface area contributed by atoms with Gasteiger partial charge in [-0.25, -0.2) is 0 Å². The van der Waals surface area contributed by atoms with Crippen LogP contribution in [0.25, 0.3) is 6.08 Å². The lowest BCUT2D eigenvalue weighted by Gasteiger charge is -2.64. The first-order valence-corrected chi connectivity index (χ1v) is 12.7. The van der Waals surface area contributed by atoms with Crippen LogP contribution in [0.5, 0.6) is 17.2 Å². The average Bonchev–Trinajstić information content (AvgIpc) is 3.19. The maximum atomic E-state index is 13.2. The largest absolute Gasteiger partial charge is 0.573 e. The summed E-state index contributed by atoms with van der Waals surface area (Å²) >= 11 is 0. The number of piperidine rings is 1. The molecular weight excluding hydrogens is 501 g/mol. The summed E-state index contributed by atoms with van der Waals surface area (Å²) in [5.74, 6) is -0.198. The molecule has 1 spiro atoms. The van der Waals surface area contributed by atoms with Gasteiger partial charge in [0.1, 0.15) is 11.9 Å². The van der Waals surface area contributed by atoms with Gasteiger partial charge in [0.05, 0.1) is 11.0 Å². The van der Waals surface area contributed by atoms with Crippen molar-refractivity contribution in [2.75, 3.05) is 20.6 Å². The van der Waals surface area contributed by atoms with Gasteiger partial charge < -0.3 is 29.5 Å². The number of likely N-dealkylation sites (tertiary alicyclic amines) is 1. The summed E-state index contributed by atoms with van der Waals surface area (Å²) in [5.41, 5.74) is 0.574. The van der Waals surface area contributed by atoms with E-state index in [-0.39, 0.29) is 29.5 Å². The number of aliphatic hydroxyl groups is 1. The smallest absolute Gasteiger partial charge is 0.504 e. The third-order valence-electron chi connectivity index (χ3n) is 9.05. The molecule has 2 aliphatic carbocycles. The molecule has 2 aromatic rings. The summed E-state index contributed by atoms with van der Waals surface area (Å²) in [4.78, 5) is 16.9. The van der Waals surface area contributed by atoms with E-state index in [1.807, 2.05) is 13.1 Å². The second-order valence-corrected chi connectivity index (χ2v) is 10.9. The van der Waals surface area contributed by atoms with Crippen LogP contribution in [0.2, 0.25) is 0 Å². The SMILES string of the molecule is CN1CC[C@]23c4c5ccc(O)c4O[C@H]2C[C@@H](N(C)C(=O)C=Cc2cccc(OC(F)(F)F)c2)C[C@@]3(O)[C@H]1C5. The highest BCUT2D eigenvalue weighted by molar-refractivity contribution is 5.92. The summed E-state index contributed by atoms with van der Waals surface area (Å²) in [5, 5.41) is 23.0. The molecule has 2 N–H and O–H groups in total. The Balaban J connectivity index is 1.27. The molecule has 2 heterocycles. The third kappa shape index (κ3) is 3.60. The molecule has 1 amide bonds. The van der Waals surface area contributed by atoms with Gasteiger partial charge in [-0.1, -0.05) is 18.2 Å². The third-order valence-corrected chi connectivity index (χ3v) is 9.05. The number of ether oxygens (including phenoxy) is 2. The number of carbonyl (C=O) groups excluding carboxylic acids is 1. The zero-order valence-electron chi connectivity index (χ0n) is 21.0. The molecular formula is C28H29F3N2O5. The van der Waals surface area contributed by atoms with E-state index >= 15 is 0 Å². The van der Waals surface area contributed by atoms with Crippen LogP contribution in [0.15, 0.2) is 42.5 Å². The van der Waals surface area contributed by atoms with Crippen LogP contribution < -0.4 is 9.47 Å². The van der Waals surface area contributed by atoms with Gasteiger partial charge in [-0.3, -0.25) is 4.79 Å². The number of amides is 1. The van der Waals surface area contributed by atoms with E-state index in [1.165, 1.54) is 30.4 Å². The fraction of sp³-hybridized carbons (Fsp3) is 0.464. The highest BCUT2D eigenvalue weighted by Crippen LogP contribution is 2.65. The van der Waals surface area contributed by atoms with Crippen LogP contribution in [-0.4, -0.2) is 76.7 Å². The monoisotopic (exact) mass is 530 g/mol. The number of phenols is 1. The molecule has 10 heteroatoms. The summed E-state index contributed by atoms with van der Waals surface area (Å²) in [6.07, 6.45) is -0.320. The van der Waals surface area contributed by atoms with Gasteiger partial charge in [-0.2, -0.15) is 0 Å². The first-order chi connectivity index (χ1) is 17.9. The number of carbonyl (C=O) groups is 1. The van der Waals surface area contributed by atoms with E-state index in [4.69, 9.17) is 4.74 Å². The number of likely N-dealkylation sites (N-methyl/N-ethyl adjacent to an activating group) is 2. The fourth-order valence-corrected chi connectivity index (χ4v) is 7.33. The van der Waals surface area contributed by atoms with Gasteiger partial charge in [0.25, 0.3) is 0 Å². The number of rotatable bonds is 4. The molecule has 202 valence electrons. The Hall–Kier alpha value is -3.24. The fourth-order valence-electron chi connectivity index (χ4n) is 7.33. The lowest BCUT2D eigenvalue weighted by Crippen LogP contribution is -2.77. The van der Waals surface area contributed by atoms with E-state index in [2.05, 4.69) is 9.64 Å². The molecule has 1 saturated heterocycles. The standard InChI is InChI=1S/C28H29F3N2O5/c1-32-11-10-26-22-14-18(15-27(26,36)21(32)13-17-7-8-20(34)25(37-22)24(17)26)33(2)23(35)9-6-16-4-3-5-19(12-16)38-28(29,30)31/h3-9,12,18,21-22,34,36H,10-11,13-15H2,1-2H3/t18-,21-,22+,26-,27-/m1/s1. The van der Waals surface area contributed by atoms with Crippen molar-refractivity contribution in [2.24, 2.45) is 0 Å². The number of phenolic OH excluding ortho intramolecular Hbond substituents is 1. The normalized spacial score (nSPS) is 31.6. The molecule has 5 atom stereocenters. The van der Waals surface area contributed by atoms with Gasteiger partial charge in [-0.05, 0) is 68.3 Å². The molecule has 4 aliphatic rings. The van der Waals surface area contributed by atoms with Crippen LogP contribution in [-0.2, 0) is 16.6 Å². The van der Waals surface area contributed by atoms with E-state index in [9.17, 15) is 28.2 Å². The van der Waals surface area contributed by atoms with Crippen molar-refractivity contribution >= 4 is 12.0 Å². The zero-order chi connectivity index (χ0) is 27.0. The Morgan fingerprint density at radius 2 is 2.08 bits per heavy atom. The summed E-state index contributed by atoms with van der Waals surface area (Å²) in [6, 6.07) is 8.46. The van der Waals surface area contributed by atoms with E-state index in [1.54, 1.807) is 24.1 Å².